The maximum Gasteiger partial charge on any atom is 0.160 e. The topological polar surface area (TPSA) is 37.3 Å². The summed E-state index contributed by atoms with van der Waals surface area (Å²) in [5, 5.41) is 9.16. The van der Waals surface area contributed by atoms with Crippen molar-refractivity contribution in [3.63, 3.8) is 0 Å². The van der Waals surface area contributed by atoms with Crippen LogP contribution >= 0.6 is 0 Å². The smallest absolute Gasteiger partial charge is 0.160 e. The van der Waals surface area contributed by atoms with Gasteiger partial charge in [-0.05, 0) is 32.3 Å². The second-order valence-electron chi connectivity index (χ2n) is 3.60. The van der Waals surface area contributed by atoms with E-state index in [0.717, 1.165) is 17.5 Å². The minimum absolute atomic E-state index is 0.0891. The minimum Gasteiger partial charge on any atom is -0.393 e. The van der Waals surface area contributed by atoms with Gasteiger partial charge in [0.1, 0.15) is 0 Å². The fourth-order valence-corrected chi connectivity index (χ4v) is 1.45. The van der Waals surface area contributed by atoms with Gasteiger partial charge in [-0.3, -0.25) is 4.79 Å². The number of ketones is 1. The first-order valence-electron chi connectivity index (χ1n) is 4.88. The summed E-state index contributed by atoms with van der Waals surface area (Å²) < 4.78 is 0. The van der Waals surface area contributed by atoms with E-state index < -0.39 is 0 Å². The zero-order valence-electron chi connectivity index (χ0n) is 8.66. The van der Waals surface area contributed by atoms with E-state index >= 15 is 0 Å². The van der Waals surface area contributed by atoms with Gasteiger partial charge in [-0.1, -0.05) is 24.3 Å². The van der Waals surface area contributed by atoms with Crippen molar-refractivity contribution in [1.29, 1.82) is 0 Å². The predicted molar refractivity (Wildman–Crippen MR) is 56.4 cm³/mol. The third-order valence-electron chi connectivity index (χ3n) is 2.23. The largest absolute Gasteiger partial charge is 0.393 e. The molecule has 0 bridgehead atoms. The molecule has 0 saturated carbocycles. The molecule has 0 aliphatic carbocycles. The number of aliphatic hydroxyl groups is 1. The van der Waals surface area contributed by atoms with Gasteiger partial charge < -0.3 is 5.11 Å². The van der Waals surface area contributed by atoms with Gasteiger partial charge in [-0.25, -0.2) is 0 Å². The van der Waals surface area contributed by atoms with E-state index in [1.165, 1.54) is 0 Å². The van der Waals surface area contributed by atoms with Gasteiger partial charge in [-0.2, -0.15) is 0 Å². The maximum absolute atomic E-state index is 11.2. The number of carbonyl (C=O) groups is 1. The molecule has 1 rings (SSSR count). The number of hydrogen-bond acceptors (Lipinski definition) is 2. The Balaban J connectivity index is 2.79. The lowest BCUT2D eigenvalue weighted by atomic mass is 9.99. The van der Waals surface area contributed by atoms with Gasteiger partial charge in [0.2, 0.25) is 0 Å². The third kappa shape index (κ3) is 2.96. The Morgan fingerprint density at radius 1 is 1.43 bits per heavy atom. The highest BCUT2D eigenvalue weighted by molar-refractivity contribution is 5.95. The highest BCUT2D eigenvalue weighted by Gasteiger charge is 2.06. The molecule has 1 N–H and O–H groups in total. The van der Waals surface area contributed by atoms with Crippen molar-refractivity contribution in [3.8, 4) is 0 Å². The monoisotopic (exact) mass is 192 g/mol. The van der Waals surface area contributed by atoms with Crippen molar-refractivity contribution in [3.05, 3.63) is 35.4 Å². The molecule has 1 unspecified atom stereocenters. The lowest BCUT2D eigenvalue weighted by Gasteiger charge is -2.07. The van der Waals surface area contributed by atoms with Crippen molar-refractivity contribution in [2.45, 2.75) is 32.8 Å². The van der Waals surface area contributed by atoms with Crippen molar-refractivity contribution < 1.29 is 9.90 Å². The molecular formula is C12H16O2. The Kier molecular flexibility index (Phi) is 3.84. The van der Waals surface area contributed by atoms with E-state index in [-0.39, 0.29) is 11.9 Å². The number of rotatable bonds is 4. The third-order valence-corrected chi connectivity index (χ3v) is 2.23. The van der Waals surface area contributed by atoms with Crippen LogP contribution in [0.15, 0.2) is 24.3 Å². The molecular weight excluding hydrogens is 176 g/mol. The van der Waals surface area contributed by atoms with Gasteiger partial charge >= 0.3 is 0 Å². The van der Waals surface area contributed by atoms with Crippen molar-refractivity contribution in [2.75, 3.05) is 0 Å². The van der Waals surface area contributed by atoms with Crippen LogP contribution in [0.5, 0.6) is 0 Å². The van der Waals surface area contributed by atoms with E-state index in [1.54, 1.807) is 13.8 Å². The van der Waals surface area contributed by atoms with Crippen LogP contribution in [0.4, 0.5) is 0 Å². The highest BCUT2D eigenvalue weighted by Crippen LogP contribution is 2.12. The molecule has 2 heteroatoms. The second-order valence-corrected chi connectivity index (χ2v) is 3.60. The van der Waals surface area contributed by atoms with Gasteiger partial charge in [0.15, 0.2) is 5.78 Å². The molecule has 0 aromatic heterocycles. The van der Waals surface area contributed by atoms with Crippen LogP contribution in [-0.2, 0) is 6.42 Å². The van der Waals surface area contributed by atoms with Crippen molar-refractivity contribution in [1.82, 2.24) is 0 Å². The number of Topliss-reactive ketones (excluding diaryl/α,β-unsaturated/α-hetero) is 1. The summed E-state index contributed by atoms with van der Waals surface area (Å²) in [5.74, 6) is 0.0891. The molecule has 1 atom stereocenters. The molecule has 0 heterocycles. The predicted octanol–water partition coefficient (Wildman–Crippen LogP) is 2.20. The van der Waals surface area contributed by atoms with Crippen LogP contribution in [0.3, 0.4) is 0 Å². The maximum atomic E-state index is 11.2. The summed E-state index contributed by atoms with van der Waals surface area (Å²) in [6.45, 7) is 3.33. The fourth-order valence-electron chi connectivity index (χ4n) is 1.45. The van der Waals surface area contributed by atoms with Crippen LogP contribution in [0.1, 0.15) is 36.2 Å². The quantitative estimate of drug-likeness (QED) is 0.742. The molecule has 14 heavy (non-hydrogen) atoms. The standard InChI is InChI=1S/C12H16O2/c1-9(13)7-8-11-5-3-4-6-12(11)10(2)14/h3-6,9,13H,7-8H2,1-2H3. The lowest BCUT2D eigenvalue weighted by Crippen LogP contribution is -2.05. The van der Waals surface area contributed by atoms with Crippen LogP contribution in [0.25, 0.3) is 0 Å². The summed E-state index contributed by atoms with van der Waals surface area (Å²) >= 11 is 0. The van der Waals surface area contributed by atoms with E-state index in [1.807, 2.05) is 24.3 Å². The van der Waals surface area contributed by atoms with Gasteiger partial charge in [0.05, 0.1) is 6.10 Å². The summed E-state index contributed by atoms with van der Waals surface area (Å²) in [5.41, 5.74) is 1.80. The second kappa shape index (κ2) is 4.91. The summed E-state index contributed by atoms with van der Waals surface area (Å²) in [7, 11) is 0. The normalized spacial score (nSPS) is 12.5. The first-order chi connectivity index (χ1) is 6.61. The summed E-state index contributed by atoms with van der Waals surface area (Å²) in [6.07, 6.45) is 1.15. The van der Waals surface area contributed by atoms with Crippen LogP contribution in [0, 0.1) is 0 Å². The number of carbonyl (C=O) groups excluding carboxylic acids is 1. The van der Waals surface area contributed by atoms with Gasteiger partial charge in [0.25, 0.3) is 0 Å². The first-order valence-corrected chi connectivity index (χ1v) is 4.88. The van der Waals surface area contributed by atoms with E-state index in [0.29, 0.717) is 6.42 Å². The molecule has 0 fully saturated rings. The lowest BCUT2D eigenvalue weighted by molar-refractivity contribution is 0.101. The average Bonchev–Trinajstić information content (AvgIpc) is 2.15. The number of aryl methyl sites for hydroxylation is 1. The van der Waals surface area contributed by atoms with Crippen LogP contribution < -0.4 is 0 Å². The van der Waals surface area contributed by atoms with E-state index in [4.69, 9.17) is 5.11 Å². The molecule has 0 radical (unpaired) electrons. The summed E-state index contributed by atoms with van der Waals surface area (Å²) in [4.78, 5) is 11.2. The molecule has 1 aromatic carbocycles. The molecule has 0 amide bonds. The molecule has 0 spiro atoms. The van der Waals surface area contributed by atoms with Gasteiger partial charge in [0, 0.05) is 5.56 Å². The molecule has 0 aliphatic heterocycles. The average molecular weight is 192 g/mol. The number of aliphatic hydroxyl groups excluding tert-OH is 1. The first kappa shape index (κ1) is 10.9. The Morgan fingerprint density at radius 2 is 2.07 bits per heavy atom. The Bertz CT molecular complexity index is 316. The van der Waals surface area contributed by atoms with Crippen molar-refractivity contribution in [2.24, 2.45) is 0 Å². The zero-order chi connectivity index (χ0) is 10.6. The van der Waals surface area contributed by atoms with E-state index in [2.05, 4.69) is 0 Å². The molecule has 76 valence electrons. The molecule has 1 aromatic rings. The Labute approximate surface area is 84.6 Å². The van der Waals surface area contributed by atoms with Crippen LogP contribution in [-0.4, -0.2) is 17.0 Å². The van der Waals surface area contributed by atoms with Gasteiger partial charge in [-0.15, -0.1) is 0 Å². The molecule has 0 aliphatic rings. The number of hydrogen-bond donors (Lipinski definition) is 1. The molecule has 0 saturated heterocycles. The zero-order valence-corrected chi connectivity index (χ0v) is 8.66. The number of benzene rings is 1. The minimum atomic E-state index is -0.310. The highest BCUT2D eigenvalue weighted by atomic mass is 16.3. The SMILES string of the molecule is CC(=O)c1ccccc1CCC(C)O. The Morgan fingerprint density at radius 3 is 2.64 bits per heavy atom. The summed E-state index contributed by atoms with van der Waals surface area (Å²) in [6, 6.07) is 7.56. The van der Waals surface area contributed by atoms with E-state index in [9.17, 15) is 4.79 Å². The fraction of sp³-hybridized carbons (Fsp3) is 0.417. The molecule has 2 nitrogen and oxygen atoms in total. The van der Waals surface area contributed by atoms with Crippen LogP contribution in [0.2, 0.25) is 0 Å². The van der Waals surface area contributed by atoms with Crippen molar-refractivity contribution >= 4 is 5.78 Å². The Hall–Kier alpha value is -1.15.